The summed E-state index contributed by atoms with van der Waals surface area (Å²) in [6, 6.07) is 1.18. The largest absolute Gasteiger partial charge is 0.309 e. The van der Waals surface area contributed by atoms with Gasteiger partial charge >= 0.3 is 0 Å². The van der Waals surface area contributed by atoms with Crippen LogP contribution in [0.4, 0.5) is 0 Å². The maximum absolute atomic E-state index is 4.31. The lowest BCUT2D eigenvalue weighted by Crippen LogP contribution is -2.53. The molecule has 0 bridgehead atoms. The van der Waals surface area contributed by atoms with Gasteiger partial charge in [-0.05, 0) is 20.8 Å². The van der Waals surface area contributed by atoms with E-state index in [0.717, 1.165) is 26.2 Å². The Bertz CT molecular complexity index is 329. The molecular formula is C12H23ClN4. The molecule has 0 aliphatic carbocycles. The predicted molar refractivity (Wildman–Crippen MR) is 72.5 cm³/mol. The van der Waals surface area contributed by atoms with Crippen LogP contribution in [0.1, 0.15) is 26.3 Å². The van der Waals surface area contributed by atoms with E-state index in [1.54, 1.807) is 0 Å². The fourth-order valence-corrected chi connectivity index (χ4v) is 2.49. The molecule has 0 aromatic carbocycles. The van der Waals surface area contributed by atoms with E-state index in [9.17, 15) is 0 Å². The fraction of sp³-hybridized carbons (Fsp3) is 0.750. The molecule has 2 unspecified atom stereocenters. The molecule has 1 N–H and O–H groups in total. The lowest BCUT2D eigenvalue weighted by Gasteiger charge is -2.35. The highest BCUT2D eigenvalue weighted by Crippen LogP contribution is 2.09. The van der Waals surface area contributed by atoms with E-state index in [0.29, 0.717) is 12.1 Å². The summed E-state index contributed by atoms with van der Waals surface area (Å²) in [6.45, 7) is 10.8. The topological polar surface area (TPSA) is 33.1 Å². The minimum atomic E-state index is 0. The van der Waals surface area contributed by atoms with Crippen LogP contribution in [0.3, 0.4) is 0 Å². The van der Waals surface area contributed by atoms with Gasteiger partial charge in [-0.1, -0.05) is 0 Å². The van der Waals surface area contributed by atoms with Crippen LogP contribution >= 0.6 is 12.4 Å². The Morgan fingerprint density at radius 2 is 2.00 bits per heavy atom. The van der Waals surface area contributed by atoms with Crippen molar-refractivity contribution in [2.24, 2.45) is 0 Å². The Balaban J connectivity index is 0.00000144. The van der Waals surface area contributed by atoms with Crippen molar-refractivity contribution >= 4 is 12.4 Å². The maximum Gasteiger partial charge on any atom is 0.0534 e. The molecule has 1 aromatic heterocycles. The summed E-state index contributed by atoms with van der Waals surface area (Å²) in [4.78, 5) is 2.50. The first-order valence-electron chi connectivity index (χ1n) is 6.17. The summed E-state index contributed by atoms with van der Waals surface area (Å²) in [5, 5.41) is 7.86. The minimum absolute atomic E-state index is 0. The molecule has 0 saturated carbocycles. The first-order valence-corrected chi connectivity index (χ1v) is 6.17. The highest BCUT2D eigenvalue weighted by molar-refractivity contribution is 5.85. The Hall–Kier alpha value is -0.580. The maximum atomic E-state index is 4.31. The third-order valence-electron chi connectivity index (χ3n) is 3.05. The fourth-order valence-electron chi connectivity index (χ4n) is 2.49. The summed E-state index contributed by atoms with van der Waals surface area (Å²) in [5.74, 6) is 0. The van der Waals surface area contributed by atoms with Gasteiger partial charge in [-0.3, -0.25) is 9.58 Å². The Morgan fingerprint density at radius 3 is 2.53 bits per heavy atom. The van der Waals surface area contributed by atoms with Crippen LogP contribution in [0.25, 0.3) is 0 Å². The molecule has 4 nitrogen and oxygen atoms in total. The van der Waals surface area contributed by atoms with Gasteiger partial charge in [0, 0.05) is 50.0 Å². The third-order valence-corrected chi connectivity index (χ3v) is 3.05. The summed E-state index contributed by atoms with van der Waals surface area (Å²) in [6.07, 6.45) is 4.14. The molecule has 1 aliphatic heterocycles. The zero-order valence-corrected chi connectivity index (χ0v) is 11.7. The molecule has 0 spiro atoms. The number of aryl methyl sites for hydroxylation is 1. The summed E-state index contributed by atoms with van der Waals surface area (Å²) >= 11 is 0. The standard InChI is InChI=1S/C12H22N4.ClH/c1-4-16-9-12(5-13-16)8-15-6-10(2)14-11(3)7-15;/h5,9-11,14H,4,6-8H2,1-3H3;1H. The second-order valence-electron chi connectivity index (χ2n) is 4.87. The van der Waals surface area contributed by atoms with Gasteiger partial charge in [0.25, 0.3) is 0 Å². The van der Waals surface area contributed by atoms with Gasteiger partial charge in [0.1, 0.15) is 0 Å². The Kier molecular flexibility index (Phi) is 5.43. The summed E-state index contributed by atoms with van der Waals surface area (Å²) in [7, 11) is 0. The molecule has 2 atom stereocenters. The average Bonchev–Trinajstić information content (AvgIpc) is 2.64. The van der Waals surface area contributed by atoms with Crippen LogP contribution in [-0.2, 0) is 13.1 Å². The van der Waals surface area contributed by atoms with Crippen molar-refractivity contribution in [1.29, 1.82) is 0 Å². The highest BCUT2D eigenvalue weighted by atomic mass is 35.5. The van der Waals surface area contributed by atoms with E-state index in [4.69, 9.17) is 0 Å². The molecule has 1 aliphatic rings. The monoisotopic (exact) mass is 258 g/mol. The number of rotatable bonds is 3. The number of aromatic nitrogens is 2. The van der Waals surface area contributed by atoms with Gasteiger partial charge in [-0.2, -0.15) is 5.10 Å². The smallest absolute Gasteiger partial charge is 0.0534 e. The van der Waals surface area contributed by atoms with Gasteiger partial charge < -0.3 is 5.32 Å². The molecule has 17 heavy (non-hydrogen) atoms. The van der Waals surface area contributed by atoms with E-state index >= 15 is 0 Å². The predicted octanol–water partition coefficient (Wildman–Crippen LogP) is 1.51. The first kappa shape index (κ1) is 14.5. The van der Waals surface area contributed by atoms with Gasteiger partial charge in [0.05, 0.1) is 6.20 Å². The number of hydrogen-bond acceptors (Lipinski definition) is 3. The Morgan fingerprint density at radius 1 is 1.35 bits per heavy atom. The van der Waals surface area contributed by atoms with Gasteiger partial charge in [0.15, 0.2) is 0 Å². The average molecular weight is 259 g/mol. The van der Waals surface area contributed by atoms with Gasteiger partial charge in [-0.25, -0.2) is 0 Å². The van der Waals surface area contributed by atoms with Crippen LogP contribution in [0.15, 0.2) is 12.4 Å². The van der Waals surface area contributed by atoms with Crippen molar-refractivity contribution in [2.75, 3.05) is 13.1 Å². The quantitative estimate of drug-likeness (QED) is 0.892. The van der Waals surface area contributed by atoms with Crippen LogP contribution in [0.2, 0.25) is 0 Å². The summed E-state index contributed by atoms with van der Waals surface area (Å²) < 4.78 is 1.99. The number of nitrogens with zero attached hydrogens (tertiary/aromatic N) is 3. The summed E-state index contributed by atoms with van der Waals surface area (Å²) in [5.41, 5.74) is 1.32. The molecule has 1 saturated heterocycles. The SMILES string of the molecule is CCn1cc(CN2CC(C)NC(C)C2)cn1.Cl. The zero-order valence-electron chi connectivity index (χ0n) is 10.9. The van der Waals surface area contributed by atoms with E-state index in [1.807, 2.05) is 10.9 Å². The minimum Gasteiger partial charge on any atom is -0.309 e. The lowest BCUT2D eigenvalue weighted by molar-refractivity contribution is 0.166. The van der Waals surface area contributed by atoms with Crippen molar-refractivity contribution in [3.8, 4) is 0 Å². The molecule has 2 heterocycles. The van der Waals surface area contributed by atoms with Gasteiger partial charge in [0.2, 0.25) is 0 Å². The third kappa shape index (κ3) is 3.98. The van der Waals surface area contributed by atoms with E-state index in [-0.39, 0.29) is 12.4 Å². The molecule has 1 fully saturated rings. The molecule has 98 valence electrons. The number of nitrogens with one attached hydrogen (secondary N) is 1. The van der Waals surface area contributed by atoms with Crippen LogP contribution in [-0.4, -0.2) is 39.9 Å². The van der Waals surface area contributed by atoms with Crippen LogP contribution in [0.5, 0.6) is 0 Å². The molecule has 0 amide bonds. The van der Waals surface area contributed by atoms with E-state index in [1.165, 1.54) is 5.56 Å². The number of halogens is 1. The van der Waals surface area contributed by atoms with E-state index in [2.05, 4.69) is 42.3 Å². The van der Waals surface area contributed by atoms with Gasteiger partial charge in [-0.15, -0.1) is 12.4 Å². The van der Waals surface area contributed by atoms with E-state index < -0.39 is 0 Å². The molecular weight excluding hydrogens is 236 g/mol. The number of hydrogen-bond donors (Lipinski definition) is 1. The molecule has 0 radical (unpaired) electrons. The van der Waals surface area contributed by atoms with Crippen molar-refractivity contribution in [1.82, 2.24) is 20.0 Å². The Labute approximate surface area is 110 Å². The van der Waals surface area contributed by atoms with Crippen molar-refractivity contribution < 1.29 is 0 Å². The molecule has 2 rings (SSSR count). The highest BCUT2D eigenvalue weighted by Gasteiger charge is 2.20. The van der Waals surface area contributed by atoms with Crippen LogP contribution in [0, 0.1) is 0 Å². The lowest BCUT2D eigenvalue weighted by atomic mass is 10.1. The second kappa shape index (κ2) is 6.38. The van der Waals surface area contributed by atoms with Crippen molar-refractivity contribution in [2.45, 2.75) is 45.9 Å². The molecule has 5 heteroatoms. The van der Waals surface area contributed by atoms with Crippen molar-refractivity contribution in [3.63, 3.8) is 0 Å². The number of piperazine rings is 1. The van der Waals surface area contributed by atoms with Crippen LogP contribution < -0.4 is 5.32 Å². The zero-order chi connectivity index (χ0) is 11.5. The molecule has 1 aromatic rings. The second-order valence-corrected chi connectivity index (χ2v) is 4.87. The van der Waals surface area contributed by atoms with Crippen molar-refractivity contribution in [3.05, 3.63) is 18.0 Å². The normalized spacial score (nSPS) is 25.6. The first-order chi connectivity index (χ1) is 7.67.